The molecule has 30 heavy (non-hydrogen) atoms. The molecule has 8 heteroatoms. The molecular weight excluding hydrogens is 391 g/mol. The van der Waals surface area contributed by atoms with E-state index >= 15 is 0 Å². The molecule has 0 saturated heterocycles. The molecule has 0 spiro atoms. The Morgan fingerprint density at radius 1 is 1.20 bits per heavy atom. The van der Waals surface area contributed by atoms with Crippen LogP contribution >= 0.6 is 0 Å². The lowest BCUT2D eigenvalue weighted by Gasteiger charge is -2.33. The second kappa shape index (κ2) is 8.94. The van der Waals surface area contributed by atoms with E-state index in [-0.39, 0.29) is 48.2 Å². The minimum Gasteiger partial charge on any atom is -0.485 e. The second-order valence-electron chi connectivity index (χ2n) is 7.24. The molecule has 0 aromatic heterocycles. The van der Waals surface area contributed by atoms with Gasteiger partial charge in [0, 0.05) is 17.7 Å². The Kier molecular flexibility index (Phi) is 6.34. The fourth-order valence-electron chi connectivity index (χ4n) is 3.08. The van der Waals surface area contributed by atoms with Crippen LogP contribution in [0.3, 0.4) is 0 Å². The van der Waals surface area contributed by atoms with Crippen molar-refractivity contribution >= 4 is 23.3 Å². The van der Waals surface area contributed by atoms with Crippen molar-refractivity contribution in [1.82, 2.24) is 5.32 Å². The lowest BCUT2D eigenvalue weighted by Crippen LogP contribution is -2.52. The van der Waals surface area contributed by atoms with Crippen LogP contribution in [0.15, 0.2) is 42.5 Å². The average Bonchev–Trinajstić information content (AvgIpc) is 2.70. The van der Waals surface area contributed by atoms with Crippen LogP contribution in [0.2, 0.25) is 0 Å². The van der Waals surface area contributed by atoms with Gasteiger partial charge in [-0.05, 0) is 51.1 Å². The van der Waals surface area contributed by atoms with Gasteiger partial charge in [-0.25, -0.2) is 4.39 Å². The number of Topliss-reactive ketones (excluding diaryl/α,β-unsaturated/α-hetero) is 1. The van der Waals surface area contributed by atoms with Crippen LogP contribution in [0, 0.1) is 5.82 Å². The molecule has 1 N–H and O–H groups in total. The highest BCUT2D eigenvalue weighted by Gasteiger charge is 2.33. The Labute approximate surface area is 173 Å². The first-order valence-electron chi connectivity index (χ1n) is 9.57. The number of ether oxygens (including phenoxy) is 2. The van der Waals surface area contributed by atoms with Crippen LogP contribution in [0.25, 0.3) is 0 Å². The van der Waals surface area contributed by atoms with Crippen LogP contribution in [-0.4, -0.2) is 42.9 Å². The van der Waals surface area contributed by atoms with E-state index in [1.165, 1.54) is 29.2 Å². The Morgan fingerprint density at radius 3 is 2.67 bits per heavy atom. The molecule has 0 radical (unpaired) electrons. The Bertz CT molecular complexity index is 976. The summed E-state index contributed by atoms with van der Waals surface area (Å²) in [5, 5.41) is 2.78. The number of halogens is 1. The third-order valence-electron chi connectivity index (χ3n) is 4.52. The fourth-order valence-corrected chi connectivity index (χ4v) is 3.08. The Balaban J connectivity index is 1.81. The van der Waals surface area contributed by atoms with Gasteiger partial charge in [0.05, 0.1) is 5.69 Å². The van der Waals surface area contributed by atoms with E-state index in [1.54, 1.807) is 25.1 Å². The first-order valence-corrected chi connectivity index (χ1v) is 9.57. The van der Waals surface area contributed by atoms with Gasteiger partial charge in [-0.1, -0.05) is 6.07 Å². The van der Waals surface area contributed by atoms with Crippen LogP contribution in [0.1, 0.15) is 31.1 Å². The third kappa shape index (κ3) is 4.76. The fraction of sp³-hybridized carbons (Fsp3) is 0.318. The van der Waals surface area contributed by atoms with Gasteiger partial charge in [0.2, 0.25) is 5.91 Å². The number of amides is 2. The molecule has 1 atom stereocenters. The Hall–Kier alpha value is -3.42. The van der Waals surface area contributed by atoms with Crippen LogP contribution in [0.4, 0.5) is 10.1 Å². The number of ketones is 1. The summed E-state index contributed by atoms with van der Waals surface area (Å²) in [4.78, 5) is 38.9. The minimum absolute atomic E-state index is 0.0801. The summed E-state index contributed by atoms with van der Waals surface area (Å²) in [7, 11) is 0. The summed E-state index contributed by atoms with van der Waals surface area (Å²) in [6.07, 6.45) is 0. The molecule has 0 fully saturated rings. The van der Waals surface area contributed by atoms with E-state index in [9.17, 15) is 18.8 Å². The number of rotatable bonds is 7. The monoisotopic (exact) mass is 414 g/mol. The maximum atomic E-state index is 13.3. The van der Waals surface area contributed by atoms with E-state index in [2.05, 4.69) is 5.32 Å². The standard InChI is InChI=1S/C22H23FN2O5/c1-13(2)24-22(28)14(3)25-18-9-15(7-8-20(18)30-12-21(25)27)19(26)11-29-17-6-4-5-16(23)10-17/h4-10,13-14H,11-12H2,1-3H3,(H,24,28). The predicted octanol–water partition coefficient (Wildman–Crippen LogP) is 2.73. The number of hydrogen-bond acceptors (Lipinski definition) is 5. The number of nitrogens with one attached hydrogen (secondary N) is 1. The molecule has 3 rings (SSSR count). The van der Waals surface area contributed by atoms with E-state index in [0.717, 1.165) is 0 Å². The predicted molar refractivity (Wildman–Crippen MR) is 108 cm³/mol. The molecule has 158 valence electrons. The van der Waals surface area contributed by atoms with Crippen molar-refractivity contribution in [2.24, 2.45) is 0 Å². The molecule has 1 aliphatic rings. The van der Waals surface area contributed by atoms with Crippen LogP contribution in [0.5, 0.6) is 11.5 Å². The maximum Gasteiger partial charge on any atom is 0.265 e. The Morgan fingerprint density at radius 2 is 1.97 bits per heavy atom. The van der Waals surface area contributed by atoms with E-state index < -0.39 is 11.9 Å². The molecule has 2 aromatic rings. The minimum atomic E-state index is -0.781. The molecule has 0 saturated carbocycles. The van der Waals surface area contributed by atoms with E-state index in [4.69, 9.17) is 9.47 Å². The molecule has 7 nitrogen and oxygen atoms in total. The smallest absolute Gasteiger partial charge is 0.265 e. The number of carbonyl (C=O) groups is 3. The zero-order valence-electron chi connectivity index (χ0n) is 17.0. The first-order chi connectivity index (χ1) is 14.3. The van der Waals surface area contributed by atoms with Crippen molar-refractivity contribution in [3.05, 3.63) is 53.8 Å². The summed E-state index contributed by atoms with van der Waals surface area (Å²) < 4.78 is 24.1. The highest BCUT2D eigenvalue weighted by Crippen LogP contribution is 2.34. The summed E-state index contributed by atoms with van der Waals surface area (Å²) in [6, 6.07) is 9.28. The number of fused-ring (bicyclic) bond motifs is 1. The van der Waals surface area contributed by atoms with Gasteiger partial charge in [0.15, 0.2) is 19.0 Å². The van der Waals surface area contributed by atoms with Gasteiger partial charge in [-0.15, -0.1) is 0 Å². The number of hydrogen-bond donors (Lipinski definition) is 1. The number of benzene rings is 2. The van der Waals surface area contributed by atoms with Gasteiger partial charge >= 0.3 is 0 Å². The van der Waals surface area contributed by atoms with Crippen LogP contribution in [-0.2, 0) is 9.59 Å². The quantitative estimate of drug-likeness (QED) is 0.705. The summed E-state index contributed by atoms with van der Waals surface area (Å²) in [6.45, 7) is 4.78. The van der Waals surface area contributed by atoms with Gasteiger partial charge in [0.25, 0.3) is 5.91 Å². The zero-order chi connectivity index (χ0) is 21.8. The number of nitrogens with zero attached hydrogens (tertiary/aromatic N) is 1. The highest BCUT2D eigenvalue weighted by molar-refractivity contribution is 6.05. The van der Waals surface area contributed by atoms with Crippen LogP contribution < -0.4 is 19.7 Å². The molecule has 0 aliphatic carbocycles. The highest BCUT2D eigenvalue weighted by atomic mass is 19.1. The van der Waals surface area contributed by atoms with Gasteiger partial charge in [-0.3, -0.25) is 19.3 Å². The van der Waals surface area contributed by atoms with Gasteiger partial charge < -0.3 is 14.8 Å². The maximum absolute atomic E-state index is 13.3. The summed E-state index contributed by atoms with van der Waals surface area (Å²) in [5.74, 6) is -0.873. The number of anilines is 1. The topological polar surface area (TPSA) is 84.9 Å². The molecule has 2 aromatic carbocycles. The van der Waals surface area contributed by atoms with Crippen molar-refractivity contribution in [1.29, 1.82) is 0 Å². The van der Waals surface area contributed by atoms with E-state index in [0.29, 0.717) is 11.4 Å². The zero-order valence-corrected chi connectivity index (χ0v) is 17.0. The SMILES string of the molecule is CC(C)NC(=O)C(C)N1C(=O)COc2ccc(C(=O)COc3cccc(F)c3)cc21. The normalized spacial score (nSPS) is 14.0. The average molecular weight is 414 g/mol. The third-order valence-corrected chi connectivity index (χ3v) is 4.52. The van der Waals surface area contributed by atoms with Gasteiger partial charge in [0.1, 0.15) is 23.4 Å². The van der Waals surface area contributed by atoms with Crippen molar-refractivity contribution < 1.29 is 28.2 Å². The summed E-state index contributed by atoms with van der Waals surface area (Å²) in [5.41, 5.74) is 0.624. The van der Waals surface area contributed by atoms with Crippen molar-refractivity contribution in [2.45, 2.75) is 32.9 Å². The van der Waals surface area contributed by atoms with Crippen molar-refractivity contribution in [2.75, 3.05) is 18.1 Å². The first kappa shape index (κ1) is 21.3. The van der Waals surface area contributed by atoms with E-state index in [1.807, 2.05) is 13.8 Å². The lowest BCUT2D eigenvalue weighted by molar-refractivity contribution is -0.127. The van der Waals surface area contributed by atoms with Gasteiger partial charge in [-0.2, -0.15) is 0 Å². The second-order valence-corrected chi connectivity index (χ2v) is 7.24. The molecule has 1 unspecified atom stereocenters. The molecule has 2 amide bonds. The largest absolute Gasteiger partial charge is 0.485 e. The lowest BCUT2D eigenvalue weighted by atomic mass is 10.1. The molecule has 0 bridgehead atoms. The summed E-state index contributed by atoms with van der Waals surface area (Å²) >= 11 is 0. The molecule has 1 aliphatic heterocycles. The van der Waals surface area contributed by atoms with Crippen molar-refractivity contribution in [3.8, 4) is 11.5 Å². The molecular formula is C22H23FN2O5. The molecule has 1 heterocycles. The van der Waals surface area contributed by atoms with Crippen molar-refractivity contribution in [3.63, 3.8) is 0 Å². The number of carbonyl (C=O) groups excluding carboxylic acids is 3.